The van der Waals surface area contributed by atoms with E-state index in [0.29, 0.717) is 0 Å². The number of anilines is 1. The van der Waals surface area contributed by atoms with Gasteiger partial charge < -0.3 is 4.90 Å². The standard InChI is InChI=1S/C12H18BrN/c1-3-9-14(4-2)12-7-5-11(10-13)6-8-12/h5-8H,3-4,9-10H2,1-2H3. The smallest absolute Gasteiger partial charge is 0.0366 e. The molecule has 0 aliphatic heterocycles. The van der Waals surface area contributed by atoms with Gasteiger partial charge in [0.2, 0.25) is 0 Å². The molecule has 1 aromatic carbocycles. The summed E-state index contributed by atoms with van der Waals surface area (Å²) in [5.41, 5.74) is 2.67. The molecule has 14 heavy (non-hydrogen) atoms. The van der Waals surface area contributed by atoms with Gasteiger partial charge in [0.05, 0.1) is 0 Å². The lowest BCUT2D eigenvalue weighted by Crippen LogP contribution is -2.23. The lowest BCUT2D eigenvalue weighted by atomic mass is 10.2. The Balaban J connectivity index is 2.73. The Kier molecular flexibility index (Phi) is 5.02. The van der Waals surface area contributed by atoms with Crippen molar-refractivity contribution in [2.75, 3.05) is 18.0 Å². The molecule has 0 spiro atoms. The summed E-state index contributed by atoms with van der Waals surface area (Å²) in [6.07, 6.45) is 1.20. The first-order valence-corrected chi connectivity index (χ1v) is 6.33. The van der Waals surface area contributed by atoms with E-state index in [1.165, 1.54) is 17.7 Å². The second-order valence-electron chi connectivity index (χ2n) is 3.38. The Hall–Kier alpha value is -0.500. The van der Waals surface area contributed by atoms with Gasteiger partial charge in [-0.05, 0) is 31.0 Å². The summed E-state index contributed by atoms with van der Waals surface area (Å²) in [5.74, 6) is 0. The molecule has 0 aliphatic rings. The zero-order valence-corrected chi connectivity index (χ0v) is 10.5. The van der Waals surface area contributed by atoms with E-state index in [4.69, 9.17) is 0 Å². The molecule has 0 radical (unpaired) electrons. The van der Waals surface area contributed by atoms with Gasteiger partial charge in [0, 0.05) is 24.1 Å². The van der Waals surface area contributed by atoms with Crippen molar-refractivity contribution in [3.8, 4) is 0 Å². The molecule has 0 N–H and O–H groups in total. The van der Waals surface area contributed by atoms with Crippen LogP contribution in [-0.4, -0.2) is 13.1 Å². The summed E-state index contributed by atoms with van der Waals surface area (Å²) in [6.45, 7) is 6.65. The second-order valence-corrected chi connectivity index (χ2v) is 3.94. The Morgan fingerprint density at radius 3 is 2.21 bits per heavy atom. The largest absolute Gasteiger partial charge is 0.372 e. The average Bonchev–Trinajstić information content (AvgIpc) is 2.26. The Morgan fingerprint density at radius 2 is 1.79 bits per heavy atom. The molecule has 0 bridgehead atoms. The molecule has 78 valence electrons. The molecule has 0 unspecified atom stereocenters. The van der Waals surface area contributed by atoms with E-state index in [2.05, 4.69) is 58.9 Å². The van der Waals surface area contributed by atoms with Crippen LogP contribution in [0.4, 0.5) is 5.69 Å². The maximum absolute atomic E-state index is 3.45. The number of alkyl halides is 1. The first-order chi connectivity index (χ1) is 6.81. The van der Waals surface area contributed by atoms with E-state index in [-0.39, 0.29) is 0 Å². The van der Waals surface area contributed by atoms with Crippen molar-refractivity contribution >= 4 is 21.6 Å². The monoisotopic (exact) mass is 255 g/mol. The average molecular weight is 256 g/mol. The minimum atomic E-state index is 0.938. The third kappa shape index (κ3) is 3.02. The fourth-order valence-corrected chi connectivity index (χ4v) is 1.91. The summed E-state index contributed by atoms with van der Waals surface area (Å²) < 4.78 is 0. The number of halogens is 1. The van der Waals surface area contributed by atoms with Gasteiger partial charge in [0.25, 0.3) is 0 Å². The number of rotatable bonds is 5. The fraction of sp³-hybridized carbons (Fsp3) is 0.500. The van der Waals surface area contributed by atoms with E-state index < -0.39 is 0 Å². The highest BCUT2D eigenvalue weighted by Gasteiger charge is 2.01. The van der Waals surface area contributed by atoms with Crippen molar-refractivity contribution in [3.63, 3.8) is 0 Å². The predicted molar refractivity (Wildman–Crippen MR) is 67.3 cm³/mol. The minimum Gasteiger partial charge on any atom is -0.372 e. The van der Waals surface area contributed by atoms with Crippen LogP contribution in [0.1, 0.15) is 25.8 Å². The van der Waals surface area contributed by atoms with Gasteiger partial charge in [-0.3, -0.25) is 0 Å². The van der Waals surface area contributed by atoms with Crippen molar-refractivity contribution < 1.29 is 0 Å². The maximum atomic E-state index is 3.45. The topological polar surface area (TPSA) is 3.24 Å². The van der Waals surface area contributed by atoms with E-state index in [0.717, 1.165) is 18.4 Å². The summed E-state index contributed by atoms with van der Waals surface area (Å²) in [5, 5.41) is 0.938. The van der Waals surface area contributed by atoms with Crippen LogP contribution >= 0.6 is 15.9 Å². The number of benzene rings is 1. The van der Waals surface area contributed by atoms with Gasteiger partial charge in [-0.15, -0.1) is 0 Å². The van der Waals surface area contributed by atoms with E-state index in [1.54, 1.807) is 0 Å². The van der Waals surface area contributed by atoms with Crippen LogP contribution < -0.4 is 4.90 Å². The molecule has 0 heterocycles. The summed E-state index contributed by atoms with van der Waals surface area (Å²) >= 11 is 3.45. The molecule has 0 aromatic heterocycles. The normalized spacial score (nSPS) is 10.2. The van der Waals surface area contributed by atoms with Gasteiger partial charge in [-0.25, -0.2) is 0 Å². The summed E-state index contributed by atoms with van der Waals surface area (Å²) in [6, 6.07) is 8.77. The van der Waals surface area contributed by atoms with Gasteiger partial charge >= 0.3 is 0 Å². The number of hydrogen-bond acceptors (Lipinski definition) is 1. The maximum Gasteiger partial charge on any atom is 0.0366 e. The quantitative estimate of drug-likeness (QED) is 0.724. The van der Waals surface area contributed by atoms with Crippen molar-refractivity contribution in [1.29, 1.82) is 0 Å². The van der Waals surface area contributed by atoms with Crippen LogP contribution in [0, 0.1) is 0 Å². The zero-order valence-electron chi connectivity index (χ0n) is 8.96. The molecular formula is C12H18BrN. The lowest BCUT2D eigenvalue weighted by molar-refractivity contribution is 0.792. The van der Waals surface area contributed by atoms with E-state index >= 15 is 0 Å². The van der Waals surface area contributed by atoms with Crippen molar-refractivity contribution in [2.24, 2.45) is 0 Å². The van der Waals surface area contributed by atoms with Gasteiger partial charge in [0.15, 0.2) is 0 Å². The van der Waals surface area contributed by atoms with Gasteiger partial charge in [-0.1, -0.05) is 35.0 Å². The molecule has 0 fully saturated rings. The van der Waals surface area contributed by atoms with Gasteiger partial charge in [-0.2, -0.15) is 0 Å². The van der Waals surface area contributed by atoms with E-state index in [1.807, 2.05) is 0 Å². The van der Waals surface area contributed by atoms with Crippen LogP contribution in [0.15, 0.2) is 24.3 Å². The highest BCUT2D eigenvalue weighted by atomic mass is 79.9. The van der Waals surface area contributed by atoms with Crippen LogP contribution in [0.25, 0.3) is 0 Å². The predicted octanol–water partition coefficient (Wildman–Crippen LogP) is 3.82. The molecule has 1 aromatic rings. The molecule has 0 atom stereocenters. The summed E-state index contributed by atoms with van der Waals surface area (Å²) in [4.78, 5) is 2.40. The van der Waals surface area contributed by atoms with Crippen LogP contribution in [-0.2, 0) is 5.33 Å². The molecule has 1 nitrogen and oxygen atoms in total. The molecule has 0 aliphatic carbocycles. The van der Waals surface area contributed by atoms with Gasteiger partial charge in [0.1, 0.15) is 0 Å². The van der Waals surface area contributed by atoms with E-state index in [9.17, 15) is 0 Å². The molecule has 2 heteroatoms. The molecular weight excluding hydrogens is 238 g/mol. The van der Waals surface area contributed by atoms with Crippen molar-refractivity contribution in [3.05, 3.63) is 29.8 Å². The number of nitrogens with zero attached hydrogens (tertiary/aromatic N) is 1. The molecule has 0 saturated heterocycles. The van der Waals surface area contributed by atoms with Crippen LogP contribution in [0.2, 0.25) is 0 Å². The number of hydrogen-bond donors (Lipinski definition) is 0. The van der Waals surface area contributed by atoms with Crippen LogP contribution in [0.3, 0.4) is 0 Å². The highest BCUT2D eigenvalue weighted by molar-refractivity contribution is 9.08. The highest BCUT2D eigenvalue weighted by Crippen LogP contribution is 2.16. The van der Waals surface area contributed by atoms with Crippen molar-refractivity contribution in [2.45, 2.75) is 25.6 Å². The Bertz CT molecular complexity index is 256. The lowest BCUT2D eigenvalue weighted by Gasteiger charge is -2.22. The van der Waals surface area contributed by atoms with Crippen LogP contribution in [0.5, 0.6) is 0 Å². The first-order valence-electron chi connectivity index (χ1n) is 5.21. The third-order valence-electron chi connectivity index (χ3n) is 2.33. The Morgan fingerprint density at radius 1 is 1.14 bits per heavy atom. The second kappa shape index (κ2) is 6.07. The third-order valence-corrected chi connectivity index (χ3v) is 2.98. The molecule has 0 amide bonds. The molecule has 1 rings (SSSR count). The zero-order chi connectivity index (χ0) is 10.4. The minimum absolute atomic E-state index is 0.938. The first kappa shape index (κ1) is 11.6. The summed E-state index contributed by atoms with van der Waals surface area (Å²) in [7, 11) is 0. The SMILES string of the molecule is CCCN(CC)c1ccc(CBr)cc1. The Labute approximate surface area is 95.2 Å². The fourth-order valence-electron chi connectivity index (χ4n) is 1.54. The molecule has 0 saturated carbocycles. The van der Waals surface area contributed by atoms with Crippen molar-refractivity contribution in [1.82, 2.24) is 0 Å².